The lowest BCUT2D eigenvalue weighted by Crippen LogP contribution is -2.32. The fourth-order valence-electron chi connectivity index (χ4n) is 2.21. The minimum Gasteiger partial charge on any atom is -0.339 e. The summed E-state index contributed by atoms with van der Waals surface area (Å²) in [6, 6.07) is 3.56. The highest BCUT2D eigenvalue weighted by atomic mass is 35.5. The van der Waals surface area contributed by atoms with Gasteiger partial charge in [-0.1, -0.05) is 24.9 Å². The van der Waals surface area contributed by atoms with Crippen molar-refractivity contribution in [1.29, 1.82) is 0 Å². The number of aryl methyl sites for hydroxylation is 1. The van der Waals surface area contributed by atoms with Crippen LogP contribution in [0, 0.1) is 5.92 Å². The van der Waals surface area contributed by atoms with Crippen molar-refractivity contribution in [2.45, 2.75) is 39.5 Å². The Morgan fingerprint density at radius 3 is 2.74 bits per heavy atom. The molecule has 1 aliphatic rings. The summed E-state index contributed by atoms with van der Waals surface area (Å²) in [5, 5.41) is 0.414. The van der Waals surface area contributed by atoms with Gasteiger partial charge >= 0.3 is 0 Å². The molecule has 0 spiro atoms. The molecule has 0 N–H and O–H groups in total. The Hall–Kier alpha value is -1.09. The molecule has 1 heterocycles. The molecule has 0 aliphatic heterocycles. The van der Waals surface area contributed by atoms with Crippen LogP contribution in [0.5, 0.6) is 0 Å². The van der Waals surface area contributed by atoms with Gasteiger partial charge in [0, 0.05) is 24.3 Å². The van der Waals surface area contributed by atoms with E-state index in [9.17, 15) is 4.79 Å². The van der Waals surface area contributed by atoms with Crippen LogP contribution in [-0.2, 0) is 6.42 Å². The Kier molecular flexibility index (Phi) is 4.81. The molecule has 0 unspecified atom stereocenters. The summed E-state index contributed by atoms with van der Waals surface area (Å²) < 4.78 is 0. The second-order valence-electron chi connectivity index (χ2n) is 5.21. The summed E-state index contributed by atoms with van der Waals surface area (Å²) in [6.07, 6.45) is 4.36. The molecule has 0 radical (unpaired) electrons. The number of carbonyl (C=O) groups excluding carboxylic acids is 1. The fraction of sp³-hybridized carbons (Fsp3) is 0.600. The van der Waals surface area contributed by atoms with Crippen molar-refractivity contribution in [3.05, 3.63) is 28.5 Å². The van der Waals surface area contributed by atoms with Crippen molar-refractivity contribution in [3.63, 3.8) is 0 Å². The summed E-state index contributed by atoms with van der Waals surface area (Å²) in [4.78, 5) is 18.7. The van der Waals surface area contributed by atoms with Crippen LogP contribution < -0.4 is 0 Å². The van der Waals surface area contributed by atoms with Gasteiger partial charge in [-0.2, -0.15) is 0 Å². The Labute approximate surface area is 120 Å². The SMILES string of the molecule is CCCc1cc(C(=O)N(CC)CC2CC2)cc(Cl)n1. The number of aromatic nitrogens is 1. The second-order valence-corrected chi connectivity index (χ2v) is 5.59. The molecule has 3 nitrogen and oxygen atoms in total. The normalized spacial score (nSPS) is 14.5. The Morgan fingerprint density at radius 2 is 2.16 bits per heavy atom. The first kappa shape index (κ1) is 14.3. The molecule has 19 heavy (non-hydrogen) atoms. The zero-order chi connectivity index (χ0) is 13.8. The quantitative estimate of drug-likeness (QED) is 0.747. The van der Waals surface area contributed by atoms with E-state index in [0.717, 1.165) is 31.6 Å². The van der Waals surface area contributed by atoms with Crippen LogP contribution >= 0.6 is 11.6 Å². The van der Waals surface area contributed by atoms with Gasteiger partial charge in [-0.25, -0.2) is 4.98 Å². The van der Waals surface area contributed by atoms with E-state index in [2.05, 4.69) is 11.9 Å². The molecule has 1 saturated carbocycles. The summed E-state index contributed by atoms with van der Waals surface area (Å²) in [7, 11) is 0. The van der Waals surface area contributed by atoms with Crippen molar-refractivity contribution in [1.82, 2.24) is 9.88 Å². The van der Waals surface area contributed by atoms with Gasteiger partial charge in [-0.05, 0) is 44.2 Å². The van der Waals surface area contributed by atoms with Crippen LogP contribution in [0.15, 0.2) is 12.1 Å². The molecule has 0 atom stereocenters. The monoisotopic (exact) mass is 280 g/mol. The van der Waals surface area contributed by atoms with Crippen molar-refractivity contribution in [2.75, 3.05) is 13.1 Å². The molecule has 104 valence electrons. The molecule has 0 aromatic carbocycles. The highest BCUT2D eigenvalue weighted by Gasteiger charge is 2.26. The number of hydrogen-bond acceptors (Lipinski definition) is 2. The van der Waals surface area contributed by atoms with E-state index >= 15 is 0 Å². The number of amides is 1. The van der Waals surface area contributed by atoms with Crippen LogP contribution in [0.25, 0.3) is 0 Å². The lowest BCUT2D eigenvalue weighted by Gasteiger charge is -2.21. The number of nitrogens with zero attached hydrogens (tertiary/aromatic N) is 2. The molecule has 1 aromatic heterocycles. The van der Waals surface area contributed by atoms with Crippen LogP contribution in [-0.4, -0.2) is 28.9 Å². The van der Waals surface area contributed by atoms with Crippen molar-refractivity contribution in [2.24, 2.45) is 5.92 Å². The van der Waals surface area contributed by atoms with Gasteiger partial charge in [-0.15, -0.1) is 0 Å². The second kappa shape index (κ2) is 6.38. The predicted molar refractivity (Wildman–Crippen MR) is 77.5 cm³/mol. The molecule has 0 saturated heterocycles. The molecule has 1 fully saturated rings. The average Bonchev–Trinajstić information content (AvgIpc) is 3.19. The van der Waals surface area contributed by atoms with Crippen molar-refractivity contribution in [3.8, 4) is 0 Å². The topological polar surface area (TPSA) is 33.2 Å². The maximum atomic E-state index is 12.5. The first-order valence-electron chi connectivity index (χ1n) is 7.09. The third kappa shape index (κ3) is 3.93. The van der Waals surface area contributed by atoms with E-state index < -0.39 is 0 Å². The van der Waals surface area contributed by atoms with E-state index in [1.807, 2.05) is 17.9 Å². The van der Waals surface area contributed by atoms with E-state index in [0.29, 0.717) is 16.6 Å². The summed E-state index contributed by atoms with van der Waals surface area (Å²) in [6.45, 7) is 5.74. The molecule has 1 amide bonds. The largest absolute Gasteiger partial charge is 0.339 e. The Morgan fingerprint density at radius 1 is 1.42 bits per heavy atom. The van der Waals surface area contributed by atoms with Crippen LogP contribution in [0.2, 0.25) is 5.15 Å². The number of pyridine rings is 1. The number of halogens is 1. The molecule has 4 heteroatoms. The van der Waals surface area contributed by atoms with Gasteiger partial charge in [0.15, 0.2) is 0 Å². The third-order valence-electron chi connectivity index (χ3n) is 3.44. The number of hydrogen-bond donors (Lipinski definition) is 0. The Balaban J connectivity index is 2.15. The third-order valence-corrected chi connectivity index (χ3v) is 3.64. The van der Waals surface area contributed by atoms with Gasteiger partial charge in [-0.3, -0.25) is 4.79 Å². The smallest absolute Gasteiger partial charge is 0.254 e. The van der Waals surface area contributed by atoms with Crippen molar-refractivity contribution >= 4 is 17.5 Å². The van der Waals surface area contributed by atoms with Crippen LogP contribution in [0.3, 0.4) is 0 Å². The molecule has 1 aliphatic carbocycles. The van der Waals surface area contributed by atoms with Gasteiger partial charge in [0.25, 0.3) is 5.91 Å². The highest BCUT2D eigenvalue weighted by molar-refractivity contribution is 6.29. The van der Waals surface area contributed by atoms with E-state index in [1.54, 1.807) is 6.07 Å². The first-order valence-corrected chi connectivity index (χ1v) is 7.47. The predicted octanol–water partition coefficient (Wildman–Crippen LogP) is 3.56. The van der Waals surface area contributed by atoms with E-state index in [1.165, 1.54) is 12.8 Å². The number of carbonyl (C=O) groups is 1. The highest BCUT2D eigenvalue weighted by Crippen LogP contribution is 2.30. The molecular formula is C15H21ClN2O. The van der Waals surface area contributed by atoms with Gasteiger partial charge in [0.2, 0.25) is 0 Å². The molecule has 0 bridgehead atoms. The molecule has 2 rings (SSSR count). The minimum atomic E-state index is 0.0797. The van der Waals surface area contributed by atoms with Gasteiger partial charge < -0.3 is 4.90 Å². The van der Waals surface area contributed by atoms with Crippen LogP contribution in [0.4, 0.5) is 0 Å². The zero-order valence-corrected chi connectivity index (χ0v) is 12.4. The fourth-order valence-corrected chi connectivity index (χ4v) is 2.44. The van der Waals surface area contributed by atoms with Gasteiger partial charge in [0.1, 0.15) is 5.15 Å². The number of rotatable bonds is 6. The average molecular weight is 281 g/mol. The minimum absolute atomic E-state index is 0.0797. The lowest BCUT2D eigenvalue weighted by molar-refractivity contribution is 0.0756. The van der Waals surface area contributed by atoms with Gasteiger partial charge in [0.05, 0.1) is 0 Å². The molecule has 1 aromatic rings. The molecular weight excluding hydrogens is 260 g/mol. The summed E-state index contributed by atoms with van der Waals surface area (Å²) in [5.41, 5.74) is 1.58. The summed E-state index contributed by atoms with van der Waals surface area (Å²) >= 11 is 6.01. The van der Waals surface area contributed by atoms with E-state index in [-0.39, 0.29) is 5.91 Å². The standard InChI is InChI=1S/C15H21ClN2O/c1-3-5-13-8-12(9-14(16)17-13)15(19)18(4-2)10-11-6-7-11/h8-9,11H,3-7,10H2,1-2H3. The zero-order valence-electron chi connectivity index (χ0n) is 11.7. The summed E-state index contributed by atoms with van der Waals surface area (Å²) in [5.74, 6) is 0.785. The maximum Gasteiger partial charge on any atom is 0.254 e. The Bertz CT molecular complexity index is 457. The maximum absolute atomic E-state index is 12.5. The van der Waals surface area contributed by atoms with Crippen molar-refractivity contribution < 1.29 is 4.79 Å². The van der Waals surface area contributed by atoms with E-state index in [4.69, 9.17) is 11.6 Å². The van der Waals surface area contributed by atoms with Crippen LogP contribution in [0.1, 0.15) is 49.2 Å². The first-order chi connectivity index (χ1) is 9.13. The lowest BCUT2D eigenvalue weighted by atomic mass is 10.1.